The molecule has 0 aliphatic carbocycles. The van der Waals surface area contributed by atoms with Crippen molar-refractivity contribution < 1.29 is 14.3 Å². The third-order valence-corrected chi connectivity index (χ3v) is 5.41. The molecule has 1 aromatic heterocycles. The number of carbonyl (C=O) groups is 2. The summed E-state index contributed by atoms with van der Waals surface area (Å²) in [6, 6.07) is 10.7. The van der Waals surface area contributed by atoms with Crippen LogP contribution in [0.5, 0.6) is 0 Å². The maximum atomic E-state index is 12.7. The van der Waals surface area contributed by atoms with Crippen molar-refractivity contribution in [1.29, 1.82) is 0 Å². The summed E-state index contributed by atoms with van der Waals surface area (Å²) in [7, 11) is 1.60. The molecule has 1 fully saturated rings. The number of nitrogens with one attached hydrogen (secondary N) is 1. The minimum Gasteiger partial charge on any atom is -0.383 e. The average Bonchev–Trinajstić information content (AvgIpc) is 2.74. The molecule has 7 heteroatoms. The van der Waals surface area contributed by atoms with E-state index in [0.29, 0.717) is 42.4 Å². The third kappa shape index (κ3) is 5.34. The van der Waals surface area contributed by atoms with Gasteiger partial charge in [0.05, 0.1) is 17.9 Å². The highest BCUT2D eigenvalue weighted by molar-refractivity contribution is 6.30. The van der Waals surface area contributed by atoms with Crippen LogP contribution in [-0.4, -0.2) is 55.0 Å². The van der Waals surface area contributed by atoms with Crippen LogP contribution in [0, 0.1) is 6.92 Å². The zero-order chi connectivity index (χ0) is 20.8. The first-order chi connectivity index (χ1) is 14.0. The summed E-state index contributed by atoms with van der Waals surface area (Å²) in [4.78, 5) is 31.8. The second-order valence-electron chi connectivity index (χ2n) is 7.21. The molecule has 0 spiro atoms. The summed E-state index contributed by atoms with van der Waals surface area (Å²) < 4.78 is 5.00. The van der Waals surface area contributed by atoms with E-state index in [0.717, 1.165) is 24.2 Å². The van der Waals surface area contributed by atoms with E-state index in [1.54, 1.807) is 31.4 Å². The van der Waals surface area contributed by atoms with E-state index in [-0.39, 0.29) is 17.7 Å². The van der Waals surface area contributed by atoms with Crippen molar-refractivity contribution in [2.24, 2.45) is 0 Å². The number of benzene rings is 1. The van der Waals surface area contributed by atoms with Gasteiger partial charge in [0.25, 0.3) is 11.8 Å². The number of carbonyl (C=O) groups excluding carboxylic acids is 2. The Kier molecular flexibility index (Phi) is 7.23. The molecule has 1 N–H and O–H groups in total. The molecule has 1 aromatic carbocycles. The maximum Gasteiger partial charge on any atom is 0.253 e. The quantitative estimate of drug-likeness (QED) is 0.733. The highest BCUT2D eigenvalue weighted by Gasteiger charge is 2.28. The first-order valence-corrected chi connectivity index (χ1v) is 10.2. The van der Waals surface area contributed by atoms with E-state index >= 15 is 0 Å². The number of aryl methyl sites for hydroxylation is 1. The molecule has 0 radical (unpaired) electrons. The molecule has 0 atom stereocenters. The highest BCUT2D eigenvalue weighted by atomic mass is 35.5. The second kappa shape index (κ2) is 9.85. The normalized spacial score (nSPS) is 14.7. The van der Waals surface area contributed by atoms with Crippen LogP contribution in [0.4, 0.5) is 0 Å². The SMILES string of the molecule is COCCNC(=O)c1ccc(C)nc1C1CCN(C(=O)c2ccc(Cl)cc2)CC1. The Morgan fingerprint density at radius 3 is 2.52 bits per heavy atom. The first-order valence-electron chi connectivity index (χ1n) is 9.79. The number of aromatic nitrogens is 1. The average molecular weight is 416 g/mol. The van der Waals surface area contributed by atoms with Gasteiger partial charge in [0.1, 0.15) is 0 Å². The molecule has 2 heterocycles. The lowest BCUT2D eigenvalue weighted by Gasteiger charge is -2.32. The van der Waals surface area contributed by atoms with Gasteiger partial charge < -0.3 is 15.0 Å². The van der Waals surface area contributed by atoms with Crippen LogP contribution in [0.3, 0.4) is 0 Å². The van der Waals surface area contributed by atoms with Gasteiger partial charge >= 0.3 is 0 Å². The van der Waals surface area contributed by atoms with Crippen LogP contribution in [0.25, 0.3) is 0 Å². The number of pyridine rings is 1. The molecule has 1 aliphatic rings. The molecular formula is C22H26ClN3O3. The van der Waals surface area contributed by atoms with E-state index in [1.807, 2.05) is 24.0 Å². The van der Waals surface area contributed by atoms with Crippen molar-refractivity contribution in [2.75, 3.05) is 33.4 Å². The topological polar surface area (TPSA) is 71.5 Å². The molecule has 1 saturated heterocycles. The fourth-order valence-electron chi connectivity index (χ4n) is 3.57. The smallest absolute Gasteiger partial charge is 0.253 e. The van der Waals surface area contributed by atoms with Gasteiger partial charge in [-0.3, -0.25) is 14.6 Å². The molecule has 3 rings (SSSR count). The van der Waals surface area contributed by atoms with Crippen molar-refractivity contribution in [3.05, 3.63) is 63.9 Å². The molecule has 154 valence electrons. The van der Waals surface area contributed by atoms with Crippen molar-refractivity contribution in [2.45, 2.75) is 25.7 Å². The predicted octanol–water partition coefficient (Wildman–Crippen LogP) is 3.44. The van der Waals surface area contributed by atoms with Crippen LogP contribution in [0.1, 0.15) is 50.9 Å². The van der Waals surface area contributed by atoms with E-state index in [1.165, 1.54) is 0 Å². The minimum absolute atomic E-state index is 0.00912. The lowest BCUT2D eigenvalue weighted by Crippen LogP contribution is -2.38. The summed E-state index contributed by atoms with van der Waals surface area (Å²) >= 11 is 5.91. The maximum absolute atomic E-state index is 12.7. The van der Waals surface area contributed by atoms with Gasteiger partial charge in [-0.05, 0) is 56.2 Å². The van der Waals surface area contributed by atoms with E-state index < -0.39 is 0 Å². The number of likely N-dealkylation sites (tertiary alicyclic amines) is 1. The van der Waals surface area contributed by atoms with Gasteiger partial charge in [-0.15, -0.1) is 0 Å². The number of hydrogen-bond donors (Lipinski definition) is 1. The van der Waals surface area contributed by atoms with Gasteiger partial charge in [-0.2, -0.15) is 0 Å². The summed E-state index contributed by atoms with van der Waals surface area (Å²) in [5.74, 6) is 0.0198. The number of rotatable bonds is 6. The van der Waals surface area contributed by atoms with Gasteiger partial charge in [0, 0.05) is 48.9 Å². The summed E-state index contributed by atoms with van der Waals surface area (Å²) in [5, 5.41) is 3.49. The van der Waals surface area contributed by atoms with E-state index in [9.17, 15) is 9.59 Å². The van der Waals surface area contributed by atoms with Crippen molar-refractivity contribution in [1.82, 2.24) is 15.2 Å². The summed E-state index contributed by atoms with van der Waals surface area (Å²) in [6.07, 6.45) is 1.54. The molecule has 0 unspecified atom stereocenters. The molecular weight excluding hydrogens is 390 g/mol. The van der Waals surface area contributed by atoms with Crippen molar-refractivity contribution >= 4 is 23.4 Å². The number of hydrogen-bond acceptors (Lipinski definition) is 4. The zero-order valence-corrected chi connectivity index (χ0v) is 17.5. The molecule has 2 aromatic rings. The lowest BCUT2D eigenvalue weighted by molar-refractivity contribution is 0.0710. The fourth-order valence-corrected chi connectivity index (χ4v) is 3.70. The third-order valence-electron chi connectivity index (χ3n) is 5.16. The second-order valence-corrected chi connectivity index (χ2v) is 7.64. The summed E-state index contributed by atoms with van der Waals surface area (Å²) in [6.45, 7) is 4.11. The number of piperidine rings is 1. The van der Waals surface area contributed by atoms with Crippen LogP contribution in [-0.2, 0) is 4.74 Å². The highest BCUT2D eigenvalue weighted by Crippen LogP contribution is 2.30. The Balaban J connectivity index is 1.68. The Hall–Kier alpha value is -2.44. The number of amides is 2. The monoisotopic (exact) mass is 415 g/mol. The molecule has 6 nitrogen and oxygen atoms in total. The van der Waals surface area contributed by atoms with Gasteiger partial charge in [-0.25, -0.2) is 0 Å². The van der Waals surface area contributed by atoms with Crippen molar-refractivity contribution in [3.63, 3.8) is 0 Å². The number of nitrogens with zero attached hydrogens (tertiary/aromatic N) is 2. The molecule has 1 aliphatic heterocycles. The Morgan fingerprint density at radius 1 is 1.17 bits per heavy atom. The van der Waals surface area contributed by atoms with Crippen LogP contribution in [0.15, 0.2) is 36.4 Å². The first kappa shape index (κ1) is 21.3. The zero-order valence-electron chi connectivity index (χ0n) is 16.8. The predicted molar refractivity (Wildman–Crippen MR) is 113 cm³/mol. The van der Waals surface area contributed by atoms with Gasteiger partial charge in [0.15, 0.2) is 0 Å². The Bertz CT molecular complexity index is 862. The largest absolute Gasteiger partial charge is 0.383 e. The number of halogens is 1. The van der Waals surface area contributed by atoms with E-state index in [2.05, 4.69) is 10.3 Å². The minimum atomic E-state index is -0.135. The van der Waals surface area contributed by atoms with Crippen LogP contribution >= 0.6 is 11.6 Å². The van der Waals surface area contributed by atoms with Gasteiger partial charge in [0.2, 0.25) is 0 Å². The number of ether oxygens (including phenoxy) is 1. The van der Waals surface area contributed by atoms with Crippen LogP contribution in [0.2, 0.25) is 5.02 Å². The molecule has 0 saturated carbocycles. The summed E-state index contributed by atoms with van der Waals surface area (Å²) in [5.41, 5.74) is 2.94. The van der Waals surface area contributed by atoms with Crippen LogP contribution < -0.4 is 5.32 Å². The molecule has 29 heavy (non-hydrogen) atoms. The fraction of sp³-hybridized carbons (Fsp3) is 0.409. The lowest BCUT2D eigenvalue weighted by atomic mass is 9.89. The Labute approximate surface area is 176 Å². The molecule has 2 amide bonds. The standard InChI is InChI=1S/C22H26ClN3O3/c1-15-3-8-19(21(27)24-11-14-29-2)20(25-15)16-9-12-26(13-10-16)22(28)17-4-6-18(23)7-5-17/h3-8,16H,9-14H2,1-2H3,(H,24,27). The van der Waals surface area contributed by atoms with Crippen molar-refractivity contribution in [3.8, 4) is 0 Å². The molecule has 0 bridgehead atoms. The number of methoxy groups -OCH3 is 1. The van der Waals surface area contributed by atoms with E-state index in [4.69, 9.17) is 16.3 Å². The van der Waals surface area contributed by atoms with Gasteiger partial charge in [-0.1, -0.05) is 11.6 Å². The Morgan fingerprint density at radius 2 is 1.86 bits per heavy atom.